The lowest BCUT2D eigenvalue weighted by atomic mass is 9.77. The molecule has 3 heteroatoms. The van der Waals surface area contributed by atoms with Crippen molar-refractivity contribution in [3.8, 4) is 11.8 Å². The standard InChI is InChI=1S/C18H18N2O/c1-21-18-7-6-13(10-19)8-16(18)12-20-11-15-9-14-4-2-3-5-17(14)15/h2-8,15,20H,9,11-12H2,1H3. The van der Waals surface area contributed by atoms with Crippen LogP contribution in [-0.4, -0.2) is 13.7 Å². The summed E-state index contributed by atoms with van der Waals surface area (Å²) in [4.78, 5) is 0. The first-order valence-electron chi connectivity index (χ1n) is 7.17. The highest BCUT2D eigenvalue weighted by Gasteiger charge is 2.24. The van der Waals surface area contributed by atoms with Gasteiger partial charge in [0, 0.05) is 24.6 Å². The summed E-state index contributed by atoms with van der Waals surface area (Å²) in [6.45, 7) is 1.67. The molecular weight excluding hydrogens is 260 g/mol. The predicted molar refractivity (Wildman–Crippen MR) is 82.3 cm³/mol. The predicted octanol–water partition coefficient (Wildman–Crippen LogP) is 3.00. The van der Waals surface area contributed by atoms with Crippen molar-refractivity contribution in [3.63, 3.8) is 0 Å². The van der Waals surface area contributed by atoms with E-state index in [1.165, 1.54) is 11.1 Å². The number of fused-ring (bicyclic) bond motifs is 1. The number of nitrogens with zero attached hydrogens (tertiary/aromatic N) is 1. The van der Waals surface area contributed by atoms with Gasteiger partial charge in [-0.1, -0.05) is 24.3 Å². The fourth-order valence-electron chi connectivity index (χ4n) is 2.91. The molecule has 0 aromatic heterocycles. The minimum Gasteiger partial charge on any atom is -0.496 e. The molecule has 0 bridgehead atoms. The molecule has 0 amide bonds. The molecule has 0 spiro atoms. The normalized spacial score (nSPS) is 15.7. The second-order valence-electron chi connectivity index (χ2n) is 5.37. The minimum atomic E-state index is 0.603. The van der Waals surface area contributed by atoms with E-state index >= 15 is 0 Å². The van der Waals surface area contributed by atoms with Crippen LogP contribution in [0.4, 0.5) is 0 Å². The molecule has 106 valence electrons. The third-order valence-electron chi connectivity index (χ3n) is 4.08. The van der Waals surface area contributed by atoms with Crippen LogP contribution in [0.25, 0.3) is 0 Å². The molecule has 0 saturated heterocycles. The van der Waals surface area contributed by atoms with Crippen molar-refractivity contribution in [2.75, 3.05) is 13.7 Å². The van der Waals surface area contributed by atoms with Crippen LogP contribution in [0.1, 0.15) is 28.2 Å². The Kier molecular flexibility index (Phi) is 3.89. The molecule has 1 unspecified atom stereocenters. The summed E-state index contributed by atoms with van der Waals surface area (Å²) in [5, 5.41) is 12.5. The van der Waals surface area contributed by atoms with E-state index in [1.807, 2.05) is 12.1 Å². The Labute approximate surface area is 125 Å². The summed E-state index contributed by atoms with van der Waals surface area (Å²) in [7, 11) is 1.66. The first kappa shape index (κ1) is 13.7. The second kappa shape index (κ2) is 5.99. The minimum absolute atomic E-state index is 0.603. The van der Waals surface area contributed by atoms with Crippen molar-refractivity contribution in [1.82, 2.24) is 5.32 Å². The summed E-state index contributed by atoms with van der Waals surface area (Å²) in [5.41, 5.74) is 4.63. The quantitative estimate of drug-likeness (QED) is 0.914. The van der Waals surface area contributed by atoms with Crippen LogP contribution in [0.15, 0.2) is 42.5 Å². The maximum Gasteiger partial charge on any atom is 0.123 e. The third-order valence-corrected chi connectivity index (χ3v) is 4.08. The van der Waals surface area contributed by atoms with Gasteiger partial charge in [-0.2, -0.15) is 5.26 Å². The molecule has 0 aliphatic heterocycles. The number of benzene rings is 2. The van der Waals surface area contributed by atoms with Crippen LogP contribution in [-0.2, 0) is 13.0 Å². The molecule has 2 aromatic carbocycles. The lowest BCUT2D eigenvalue weighted by molar-refractivity contribution is 0.406. The van der Waals surface area contributed by atoms with Crippen LogP contribution in [0, 0.1) is 11.3 Å². The van der Waals surface area contributed by atoms with E-state index in [-0.39, 0.29) is 0 Å². The molecule has 1 N–H and O–H groups in total. The summed E-state index contributed by atoms with van der Waals surface area (Å²) in [6.07, 6.45) is 1.15. The second-order valence-corrected chi connectivity index (χ2v) is 5.37. The Bertz CT molecular complexity index is 688. The van der Waals surface area contributed by atoms with Crippen LogP contribution in [0.2, 0.25) is 0 Å². The Hall–Kier alpha value is -2.31. The van der Waals surface area contributed by atoms with Crippen molar-refractivity contribution in [2.45, 2.75) is 18.9 Å². The highest BCUT2D eigenvalue weighted by Crippen LogP contribution is 2.34. The van der Waals surface area contributed by atoms with E-state index in [9.17, 15) is 0 Å². The molecule has 21 heavy (non-hydrogen) atoms. The first-order valence-corrected chi connectivity index (χ1v) is 7.17. The number of nitriles is 1. The summed E-state index contributed by atoms with van der Waals surface area (Å²) in [5.74, 6) is 1.43. The van der Waals surface area contributed by atoms with Crippen LogP contribution >= 0.6 is 0 Å². The van der Waals surface area contributed by atoms with Gasteiger partial charge in [0.2, 0.25) is 0 Å². The number of methoxy groups -OCH3 is 1. The summed E-state index contributed by atoms with van der Waals surface area (Å²) >= 11 is 0. The van der Waals surface area contributed by atoms with E-state index in [0.29, 0.717) is 11.5 Å². The molecule has 1 aliphatic carbocycles. The number of nitrogens with one attached hydrogen (secondary N) is 1. The van der Waals surface area contributed by atoms with Crippen LogP contribution in [0.3, 0.4) is 0 Å². The van der Waals surface area contributed by atoms with Crippen LogP contribution < -0.4 is 10.1 Å². The van der Waals surface area contributed by atoms with Gasteiger partial charge in [-0.25, -0.2) is 0 Å². The average Bonchev–Trinajstić information content (AvgIpc) is 2.51. The molecule has 2 aromatic rings. The van der Waals surface area contributed by atoms with Crippen LogP contribution in [0.5, 0.6) is 5.75 Å². The SMILES string of the molecule is COc1ccc(C#N)cc1CNCC1Cc2ccccc21. The molecule has 3 rings (SSSR count). The lowest BCUT2D eigenvalue weighted by Crippen LogP contribution is -2.28. The van der Waals surface area contributed by atoms with Gasteiger partial charge in [-0.15, -0.1) is 0 Å². The van der Waals surface area contributed by atoms with Gasteiger partial charge in [0.1, 0.15) is 5.75 Å². The molecule has 3 nitrogen and oxygen atoms in total. The Morgan fingerprint density at radius 1 is 1.29 bits per heavy atom. The fraction of sp³-hybridized carbons (Fsp3) is 0.278. The third kappa shape index (κ3) is 2.76. The van der Waals surface area contributed by atoms with E-state index in [4.69, 9.17) is 10.00 Å². The van der Waals surface area contributed by atoms with Gasteiger partial charge in [0.05, 0.1) is 18.7 Å². The zero-order valence-electron chi connectivity index (χ0n) is 12.1. The smallest absolute Gasteiger partial charge is 0.123 e. The van der Waals surface area contributed by atoms with E-state index in [2.05, 4.69) is 35.7 Å². The Balaban J connectivity index is 1.60. The van der Waals surface area contributed by atoms with E-state index in [0.717, 1.165) is 30.8 Å². The largest absolute Gasteiger partial charge is 0.496 e. The zero-order chi connectivity index (χ0) is 14.7. The maximum atomic E-state index is 8.98. The molecule has 1 aliphatic rings. The topological polar surface area (TPSA) is 45.0 Å². The van der Waals surface area contributed by atoms with Crippen molar-refractivity contribution >= 4 is 0 Å². The Morgan fingerprint density at radius 2 is 2.14 bits per heavy atom. The van der Waals surface area contributed by atoms with Gasteiger partial charge >= 0.3 is 0 Å². The van der Waals surface area contributed by atoms with E-state index < -0.39 is 0 Å². The molecular formula is C18H18N2O. The summed E-state index contributed by atoms with van der Waals surface area (Å²) < 4.78 is 5.35. The molecule has 0 heterocycles. The molecule has 1 atom stereocenters. The fourth-order valence-corrected chi connectivity index (χ4v) is 2.91. The lowest BCUT2D eigenvalue weighted by Gasteiger charge is -2.30. The number of ether oxygens (including phenoxy) is 1. The highest BCUT2D eigenvalue weighted by atomic mass is 16.5. The molecule has 0 fully saturated rings. The number of rotatable bonds is 5. The average molecular weight is 278 g/mol. The Morgan fingerprint density at radius 3 is 2.90 bits per heavy atom. The van der Waals surface area contributed by atoms with Gasteiger partial charge in [-0.3, -0.25) is 0 Å². The summed E-state index contributed by atoms with van der Waals surface area (Å²) in [6, 6.07) is 16.3. The first-order chi connectivity index (χ1) is 10.3. The van der Waals surface area contributed by atoms with E-state index in [1.54, 1.807) is 13.2 Å². The van der Waals surface area contributed by atoms with Gasteiger partial charge in [0.15, 0.2) is 0 Å². The number of hydrogen-bond donors (Lipinski definition) is 1. The molecule has 0 saturated carbocycles. The van der Waals surface area contributed by atoms with Crippen molar-refractivity contribution in [1.29, 1.82) is 5.26 Å². The number of hydrogen-bond acceptors (Lipinski definition) is 3. The van der Waals surface area contributed by atoms with Gasteiger partial charge in [-0.05, 0) is 35.7 Å². The van der Waals surface area contributed by atoms with Crippen molar-refractivity contribution < 1.29 is 4.74 Å². The van der Waals surface area contributed by atoms with Gasteiger partial charge < -0.3 is 10.1 Å². The molecule has 0 radical (unpaired) electrons. The monoisotopic (exact) mass is 278 g/mol. The maximum absolute atomic E-state index is 8.98. The van der Waals surface area contributed by atoms with Gasteiger partial charge in [0.25, 0.3) is 0 Å². The highest BCUT2D eigenvalue weighted by molar-refractivity contribution is 5.42. The zero-order valence-corrected chi connectivity index (χ0v) is 12.1. The van der Waals surface area contributed by atoms with Crippen molar-refractivity contribution in [3.05, 3.63) is 64.7 Å². The van der Waals surface area contributed by atoms with Crippen molar-refractivity contribution in [2.24, 2.45) is 0 Å².